The molecule has 100 valence electrons. The number of ether oxygens (including phenoxy) is 1. The van der Waals surface area contributed by atoms with E-state index in [2.05, 4.69) is 10.3 Å². The van der Waals surface area contributed by atoms with Gasteiger partial charge in [0.2, 0.25) is 5.82 Å². The molecule has 1 saturated heterocycles. The molecule has 7 nitrogen and oxygen atoms in total. The summed E-state index contributed by atoms with van der Waals surface area (Å²) in [6.07, 6.45) is 3.26. The van der Waals surface area contributed by atoms with Crippen LogP contribution in [0.15, 0.2) is 12.3 Å². The lowest BCUT2D eigenvalue weighted by atomic mass is 10.0. The van der Waals surface area contributed by atoms with Crippen LogP contribution in [-0.2, 0) is 4.74 Å². The van der Waals surface area contributed by atoms with Gasteiger partial charge in [0.1, 0.15) is 11.6 Å². The van der Waals surface area contributed by atoms with Crippen LogP contribution in [0.5, 0.6) is 0 Å². The third kappa shape index (κ3) is 3.17. The van der Waals surface area contributed by atoms with Crippen molar-refractivity contribution in [3.8, 4) is 6.07 Å². The Balaban J connectivity index is 2.11. The Morgan fingerprint density at radius 3 is 2.95 bits per heavy atom. The van der Waals surface area contributed by atoms with Gasteiger partial charge in [0, 0.05) is 26.0 Å². The van der Waals surface area contributed by atoms with Gasteiger partial charge >= 0.3 is 5.69 Å². The number of nitrogens with one attached hydrogen (secondary N) is 1. The highest BCUT2D eigenvalue weighted by Gasteiger charge is 2.22. The number of rotatable bonds is 4. The zero-order chi connectivity index (χ0) is 13.7. The molecule has 1 aliphatic heterocycles. The van der Waals surface area contributed by atoms with Crippen LogP contribution < -0.4 is 5.32 Å². The van der Waals surface area contributed by atoms with Gasteiger partial charge in [-0.1, -0.05) is 0 Å². The van der Waals surface area contributed by atoms with Gasteiger partial charge in [-0.15, -0.1) is 0 Å². The highest BCUT2D eigenvalue weighted by atomic mass is 16.6. The summed E-state index contributed by atoms with van der Waals surface area (Å²) in [5, 5.41) is 22.9. The fraction of sp³-hybridized carbons (Fsp3) is 0.500. The summed E-state index contributed by atoms with van der Waals surface area (Å²) in [6, 6.07) is 3.16. The van der Waals surface area contributed by atoms with Crippen LogP contribution in [-0.4, -0.2) is 29.7 Å². The molecule has 2 rings (SSSR count). The van der Waals surface area contributed by atoms with Crippen molar-refractivity contribution in [1.29, 1.82) is 5.26 Å². The molecule has 0 atom stereocenters. The van der Waals surface area contributed by atoms with Gasteiger partial charge in [-0.05, 0) is 24.8 Å². The van der Waals surface area contributed by atoms with Crippen molar-refractivity contribution in [1.82, 2.24) is 4.98 Å². The van der Waals surface area contributed by atoms with Crippen LogP contribution >= 0.6 is 0 Å². The van der Waals surface area contributed by atoms with Crippen LogP contribution in [0.4, 0.5) is 11.5 Å². The molecule has 1 N–H and O–H groups in total. The highest BCUT2D eigenvalue weighted by molar-refractivity contribution is 5.64. The van der Waals surface area contributed by atoms with Crippen molar-refractivity contribution in [2.75, 3.05) is 25.1 Å². The van der Waals surface area contributed by atoms with Crippen molar-refractivity contribution < 1.29 is 9.66 Å². The summed E-state index contributed by atoms with van der Waals surface area (Å²) in [5.74, 6) is 0.580. The minimum Gasteiger partial charge on any atom is -0.381 e. The van der Waals surface area contributed by atoms with Gasteiger partial charge in [0.05, 0.1) is 4.92 Å². The van der Waals surface area contributed by atoms with Gasteiger partial charge in [-0.25, -0.2) is 4.98 Å². The summed E-state index contributed by atoms with van der Waals surface area (Å²) < 4.78 is 5.26. The van der Waals surface area contributed by atoms with E-state index in [1.54, 1.807) is 0 Å². The third-order valence-electron chi connectivity index (χ3n) is 3.13. The minimum absolute atomic E-state index is 0.0227. The Hall–Kier alpha value is -2.20. The fourth-order valence-corrected chi connectivity index (χ4v) is 2.05. The molecule has 0 spiro atoms. The number of nitrogens with zero attached hydrogens (tertiary/aromatic N) is 3. The van der Waals surface area contributed by atoms with Crippen molar-refractivity contribution in [3.05, 3.63) is 27.9 Å². The first-order valence-electron chi connectivity index (χ1n) is 6.07. The Morgan fingerprint density at radius 2 is 2.32 bits per heavy atom. The standard InChI is InChI=1S/C12H14N4O3/c13-7-10-1-4-14-12(11(10)16(17)18)15-8-9-2-5-19-6-3-9/h1,4,9H,2-3,5-6,8H2,(H,14,15). The van der Waals surface area contributed by atoms with Gasteiger partial charge in [0.25, 0.3) is 0 Å². The summed E-state index contributed by atoms with van der Waals surface area (Å²) in [4.78, 5) is 14.4. The maximum Gasteiger partial charge on any atom is 0.328 e. The van der Waals surface area contributed by atoms with E-state index in [4.69, 9.17) is 10.00 Å². The zero-order valence-electron chi connectivity index (χ0n) is 10.3. The van der Waals surface area contributed by atoms with E-state index in [1.165, 1.54) is 12.3 Å². The average molecular weight is 262 g/mol. The summed E-state index contributed by atoms with van der Waals surface area (Å²) in [5.41, 5.74) is -0.230. The number of nitro groups is 1. The molecule has 1 aromatic rings. The molecule has 0 amide bonds. The second-order valence-electron chi connectivity index (χ2n) is 4.36. The Morgan fingerprint density at radius 1 is 1.58 bits per heavy atom. The van der Waals surface area contributed by atoms with Gasteiger partial charge in [0.15, 0.2) is 0 Å². The lowest BCUT2D eigenvalue weighted by molar-refractivity contribution is -0.384. The van der Waals surface area contributed by atoms with Crippen LogP contribution in [0, 0.1) is 27.4 Å². The fourth-order valence-electron chi connectivity index (χ4n) is 2.05. The number of nitriles is 1. The Bertz CT molecular complexity index is 506. The molecular weight excluding hydrogens is 248 g/mol. The van der Waals surface area contributed by atoms with E-state index >= 15 is 0 Å². The summed E-state index contributed by atoms with van der Waals surface area (Å²) in [6.45, 7) is 2.05. The highest BCUT2D eigenvalue weighted by Crippen LogP contribution is 2.26. The number of pyridine rings is 1. The molecule has 1 fully saturated rings. The van der Waals surface area contributed by atoms with Gasteiger partial charge in [-0.3, -0.25) is 10.1 Å². The molecule has 2 heterocycles. The number of aromatic nitrogens is 1. The topological polar surface area (TPSA) is 101 Å². The first-order chi connectivity index (χ1) is 9.22. The van der Waals surface area contributed by atoms with Crippen LogP contribution in [0.25, 0.3) is 0 Å². The smallest absolute Gasteiger partial charge is 0.328 e. The molecule has 19 heavy (non-hydrogen) atoms. The molecule has 7 heteroatoms. The minimum atomic E-state index is -0.572. The Labute approximate surface area is 110 Å². The largest absolute Gasteiger partial charge is 0.381 e. The first kappa shape index (κ1) is 13.2. The number of hydrogen-bond donors (Lipinski definition) is 1. The van der Waals surface area contributed by atoms with Crippen molar-refractivity contribution >= 4 is 11.5 Å². The molecule has 0 unspecified atom stereocenters. The lowest BCUT2D eigenvalue weighted by Crippen LogP contribution is -2.23. The van der Waals surface area contributed by atoms with E-state index in [9.17, 15) is 10.1 Å². The second kappa shape index (κ2) is 6.11. The monoisotopic (exact) mass is 262 g/mol. The van der Waals surface area contributed by atoms with Crippen LogP contribution in [0.1, 0.15) is 18.4 Å². The van der Waals surface area contributed by atoms with Crippen LogP contribution in [0.2, 0.25) is 0 Å². The number of anilines is 1. The maximum absolute atomic E-state index is 11.0. The average Bonchev–Trinajstić information content (AvgIpc) is 2.45. The van der Waals surface area contributed by atoms with Gasteiger partial charge < -0.3 is 10.1 Å². The van der Waals surface area contributed by atoms with E-state index in [0.717, 1.165) is 26.1 Å². The van der Waals surface area contributed by atoms with Crippen molar-refractivity contribution in [2.24, 2.45) is 5.92 Å². The van der Waals surface area contributed by atoms with Crippen molar-refractivity contribution in [2.45, 2.75) is 12.8 Å². The SMILES string of the molecule is N#Cc1ccnc(NCC2CCOCC2)c1[N+](=O)[O-]. The van der Waals surface area contributed by atoms with E-state index < -0.39 is 4.92 Å². The summed E-state index contributed by atoms with van der Waals surface area (Å²) >= 11 is 0. The van der Waals surface area contributed by atoms with Crippen molar-refractivity contribution in [3.63, 3.8) is 0 Å². The third-order valence-corrected chi connectivity index (χ3v) is 3.13. The summed E-state index contributed by atoms with van der Waals surface area (Å²) in [7, 11) is 0. The quantitative estimate of drug-likeness (QED) is 0.654. The second-order valence-corrected chi connectivity index (χ2v) is 4.36. The molecule has 1 aliphatic rings. The number of hydrogen-bond acceptors (Lipinski definition) is 6. The van der Waals surface area contributed by atoms with Gasteiger partial charge in [-0.2, -0.15) is 5.26 Å². The molecule has 0 aliphatic carbocycles. The molecule has 0 bridgehead atoms. The molecule has 0 radical (unpaired) electrons. The van der Waals surface area contributed by atoms with Crippen LogP contribution in [0.3, 0.4) is 0 Å². The van der Waals surface area contributed by atoms with E-state index in [-0.39, 0.29) is 17.1 Å². The predicted molar refractivity (Wildman–Crippen MR) is 67.6 cm³/mol. The molecule has 0 aromatic carbocycles. The van der Waals surface area contributed by atoms with E-state index in [0.29, 0.717) is 12.5 Å². The first-order valence-corrected chi connectivity index (χ1v) is 6.07. The Kier molecular flexibility index (Phi) is 4.26. The molecular formula is C12H14N4O3. The lowest BCUT2D eigenvalue weighted by Gasteiger charge is -2.22. The zero-order valence-corrected chi connectivity index (χ0v) is 10.3. The molecule has 1 aromatic heterocycles. The molecule has 0 saturated carbocycles. The maximum atomic E-state index is 11.0. The predicted octanol–water partition coefficient (Wildman–Crippen LogP) is 1.70. The van der Waals surface area contributed by atoms with E-state index in [1.807, 2.05) is 6.07 Å². The normalized spacial score (nSPS) is 15.7.